The molecule has 0 aliphatic heterocycles. The van der Waals surface area contributed by atoms with E-state index >= 15 is 0 Å². The third-order valence-corrected chi connectivity index (χ3v) is 2.54. The van der Waals surface area contributed by atoms with Gasteiger partial charge in [0, 0.05) is 0 Å². The van der Waals surface area contributed by atoms with Crippen LogP contribution < -0.4 is 4.72 Å². The molecule has 0 rings (SSSR count). The highest BCUT2D eigenvalue weighted by molar-refractivity contribution is 7.90. The van der Waals surface area contributed by atoms with Crippen molar-refractivity contribution in [2.24, 2.45) is 0 Å². The molecular formula is C4H8N2O2S. The Labute approximate surface area is 54.5 Å². The van der Waals surface area contributed by atoms with Gasteiger partial charge in [-0.15, -0.1) is 0 Å². The number of rotatable bonds is 2. The highest BCUT2D eigenvalue weighted by Gasteiger charge is 2.16. The molecule has 0 saturated heterocycles. The van der Waals surface area contributed by atoms with Crippen molar-refractivity contribution in [3.8, 4) is 6.07 Å². The van der Waals surface area contributed by atoms with Crippen molar-refractivity contribution in [1.29, 1.82) is 5.26 Å². The fourth-order valence-electron chi connectivity index (χ4n) is 0.246. The van der Waals surface area contributed by atoms with Crippen LogP contribution in [0.15, 0.2) is 0 Å². The van der Waals surface area contributed by atoms with E-state index in [9.17, 15) is 8.42 Å². The Morgan fingerprint density at radius 1 is 1.67 bits per heavy atom. The molecular weight excluding hydrogens is 140 g/mol. The quantitative estimate of drug-likeness (QED) is 0.571. The van der Waals surface area contributed by atoms with E-state index < -0.39 is 15.3 Å². The molecule has 5 heteroatoms. The van der Waals surface area contributed by atoms with Gasteiger partial charge in [0.15, 0.2) is 5.25 Å². The van der Waals surface area contributed by atoms with E-state index in [0.29, 0.717) is 0 Å². The van der Waals surface area contributed by atoms with E-state index in [-0.39, 0.29) is 0 Å². The summed E-state index contributed by atoms with van der Waals surface area (Å²) in [5.41, 5.74) is 0. The molecule has 0 aromatic carbocycles. The van der Waals surface area contributed by atoms with E-state index in [1.54, 1.807) is 6.07 Å². The van der Waals surface area contributed by atoms with Gasteiger partial charge < -0.3 is 0 Å². The standard InChI is InChI=1S/C4H8N2O2S/c1-4(3-5)9(7,8)6-2/h4,6H,1-2H3. The van der Waals surface area contributed by atoms with Gasteiger partial charge >= 0.3 is 0 Å². The lowest BCUT2D eigenvalue weighted by molar-refractivity contribution is 0.584. The van der Waals surface area contributed by atoms with Crippen molar-refractivity contribution in [3.05, 3.63) is 0 Å². The smallest absolute Gasteiger partial charge is 0.217 e. The number of sulfonamides is 1. The molecule has 1 N–H and O–H groups in total. The van der Waals surface area contributed by atoms with Gasteiger partial charge in [0.2, 0.25) is 10.0 Å². The minimum atomic E-state index is -3.36. The highest BCUT2D eigenvalue weighted by Crippen LogP contribution is 1.92. The first-order valence-corrected chi connectivity index (χ1v) is 3.91. The Balaban J connectivity index is 4.41. The summed E-state index contributed by atoms with van der Waals surface area (Å²) in [6, 6.07) is 1.61. The van der Waals surface area contributed by atoms with Gasteiger partial charge in [0.1, 0.15) is 0 Å². The molecule has 9 heavy (non-hydrogen) atoms. The van der Waals surface area contributed by atoms with Crippen LogP contribution in [0.4, 0.5) is 0 Å². The maximum absolute atomic E-state index is 10.6. The molecule has 0 aromatic rings. The summed E-state index contributed by atoms with van der Waals surface area (Å²) in [5.74, 6) is 0. The predicted octanol–water partition coefficient (Wildman–Crippen LogP) is -0.552. The molecule has 1 atom stereocenters. The van der Waals surface area contributed by atoms with Gasteiger partial charge in [-0.2, -0.15) is 5.26 Å². The highest BCUT2D eigenvalue weighted by atomic mass is 32.2. The summed E-state index contributed by atoms with van der Waals surface area (Å²) in [6.07, 6.45) is 0. The Bertz CT molecular complexity index is 213. The first-order valence-electron chi connectivity index (χ1n) is 2.36. The second-order valence-electron chi connectivity index (χ2n) is 1.52. The second kappa shape index (κ2) is 2.80. The second-order valence-corrected chi connectivity index (χ2v) is 3.73. The van der Waals surface area contributed by atoms with Crippen LogP contribution in [0, 0.1) is 11.3 Å². The molecule has 1 unspecified atom stereocenters. The van der Waals surface area contributed by atoms with E-state index in [4.69, 9.17) is 5.26 Å². The van der Waals surface area contributed by atoms with Gasteiger partial charge in [-0.1, -0.05) is 0 Å². The van der Waals surface area contributed by atoms with Crippen LogP contribution in [-0.4, -0.2) is 20.7 Å². The van der Waals surface area contributed by atoms with E-state index in [1.807, 2.05) is 4.72 Å². The van der Waals surface area contributed by atoms with Crippen molar-refractivity contribution in [2.45, 2.75) is 12.2 Å². The lowest BCUT2D eigenvalue weighted by Gasteiger charge is -2.00. The molecule has 0 bridgehead atoms. The largest absolute Gasteiger partial charge is 0.227 e. The van der Waals surface area contributed by atoms with Crippen molar-refractivity contribution in [1.82, 2.24) is 4.72 Å². The number of nitriles is 1. The molecule has 0 fully saturated rings. The molecule has 0 aliphatic rings. The first kappa shape index (κ1) is 8.40. The fraction of sp³-hybridized carbons (Fsp3) is 0.750. The molecule has 0 aromatic heterocycles. The van der Waals surface area contributed by atoms with Crippen LogP contribution in [0.3, 0.4) is 0 Å². The Hall–Kier alpha value is -0.600. The van der Waals surface area contributed by atoms with Gasteiger partial charge in [-0.05, 0) is 14.0 Å². The minimum absolute atomic E-state index is 0.970. The number of hydrogen-bond acceptors (Lipinski definition) is 3. The normalized spacial score (nSPS) is 14.3. The number of hydrogen-bond donors (Lipinski definition) is 1. The fourth-order valence-corrected chi connectivity index (χ4v) is 0.738. The third kappa shape index (κ3) is 2.00. The zero-order chi connectivity index (χ0) is 7.49. The van der Waals surface area contributed by atoms with Gasteiger partial charge in [0.25, 0.3) is 0 Å². The molecule has 0 heterocycles. The topological polar surface area (TPSA) is 70.0 Å². The van der Waals surface area contributed by atoms with E-state index in [2.05, 4.69) is 0 Å². The summed E-state index contributed by atoms with van der Waals surface area (Å²) in [5, 5.41) is 7.16. The lowest BCUT2D eigenvalue weighted by atomic mass is 10.5. The minimum Gasteiger partial charge on any atom is -0.217 e. The first-order chi connectivity index (χ1) is 4.04. The average Bonchev–Trinajstić information content (AvgIpc) is 1.86. The van der Waals surface area contributed by atoms with Crippen molar-refractivity contribution < 1.29 is 8.42 Å². The van der Waals surface area contributed by atoms with Crippen LogP contribution in [0.5, 0.6) is 0 Å². The van der Waals surface area contributed by atoms with Crippen molar-refractivity contribution in [2.75, 3.05) is 7.05 Å². The Kier molecular flexibility index (Phi) is 2.62. The maximum atomic E-state index is 10.6. The van der Waals surface area contributed by atoms with Gasteiger partial charge in [-0.3, -0.25) is 0 Å². The van der Waals surface area contributed by atoms with Crippen molar-refractivity contribution >= 4 is 10.0 Å². The molecule has 0 saturated carbocycles. The zero-order valence-corrected chi connectivity index (χ0v) is 6.07. The molecule has 52 valence electrons. The molecule has 0 amide bonds. The molecule has 0 radical (unpaired) electrons. The maximum Gasteiger partial charge on any atom is 0.227 e. The van der Waals surface area contributed by atoms with Crippen LogP contribution in [0.25, 0.3) is 0 Å². The molecule has 0 spiro atoms. The van der Waals surface area contributed by atoms with E-state index in [1.165, 1.54) is 14.0 Å². The number of nitrogens with zero attached hydrogens (tertiary/aromatic N) is 1. The Morgan fingerprint density at radius 3 is 2.22 bits per heavy atom. The van der Waals surface area contributed by atoms with Gasteiger partial charge in [0.05, 0.1) is 6.07 Å². The summed E-state index contributed by atoms with van der Waals surface area (Å²) in [4.78, 5) is 0. The summed E-state index contributed by atoms with van der Waals surface area (Å²) in [7, 11) is -2.08. The Morgan fingerprint density at radius 2 is 2.11 bits per heavy atom. The molecule has 4 nitrogen and oxygen atoms in total. The number of nitrogens with one attached hydrogen (secondary N) is 1. The summed E-state index contributed by atoms with van der Waals surface area (Å²) < 4.78 is 23.2. The zero-order valence-electron chi connectivity index (χ0n) is 5.25. The predicted molar refractivity (Wildman–Crippen MR) is 33.1 cm³/mol. The van der Waals surface area contributed by atoms with Crippen LogP contribution in [0.1, 0.15) is 6.92 Å². The van der Waals surface area contributed by atoms with Crippen LogP contribution >= 0.6 is 0 Å². The van der Waals surface area contributed by atoms with Crippen molar-refractivity contribution in [3.63, 3.8) is 0 Å². The lowest BCUT2D eigenvalue weighted by Crippen LogP contribution is -2.28. The SMILES string of the molecule is CNS(=O)(=O)C(C)C#N. The summed E-state index contributed by atoms with van der Waals surface area (Å²) >= 11 is 0. The third-order valence-electron chi connectivity index (χ3n) is 0.932. The van der Waals surface area contributed by atoms with Crippen LogP contribution in [-0.2, 0) is 10.0 Å². The van der Waals surface area contributed by atoms with E-state index in [0.717, 1.165) is 0 Å². The monoisotopic (exact) mass is 148 g/mol. The van der Waals surface area contributed by atoms with Gasteiger partial charge in [-0.25, -0.2) is 13.1 Å². The van der Waals surface area contributed by atoms with Crippen LogP contribution in [0.2, 0.25) is 0 Å². The average molecular weight is 148 g/mol. The summed E-state index contributed by atoms with van der Waals surface area (Å²) in [6.45, 7) is 1.33. The molecule has 0 aliphatic carbocycles.